The van der Waals surface area contributed by atoms with Gasteiger partial charge in [-0.05, 0) is 19.1 Å². The zero-order valence-corrected chi connectivity index (χ0v) is 12.4. The molecular formula is C11H12ClN3O2S2. The third kappa shape index (κ3) is 3.06. The molecule has 1 aromatic carbocycles. The number of nitrogens with zero attached hydrogens (tertiary/aromatic N) is 1. The minimum absolute atomic E-state index is 0.0844. The van der Waals surface area contributed by atoms with Gasteiger partial charge in [-0.25, -0.2) is 18.1 Å². The molecule has 1 aromatic heterocycles. The predicted molar refractivity (Wildman–Crippen MR) is 76.7 cm³/mol. The SMILES string of the molecule is Cc1ncsc1CNS(=O)(=O)c1c(N)cccc1Cl. The highest BCUT2D eigenvalue weighted by Crippen LogP contribution is 2.27. The van der Waals surface area contributed by atoms with Gasteiger partial charge in [-0.3, -0.25) is 0 Å². The Labute approximate surface area is 120 Å². The van der Waals surface area contributed by atoms with Crippen LogP contribution in [0.2, 0.25) is 5.02 Å². The lowest BCUT2D eigenvalue weighted by molar-refractivity contribution is 0.582. The molecule has 2 aromatic rings. The van der Waals surface area contributed by atoms with Crippen molar-refractivity contribution >= 4 is 38.6 Å². The number of hydrogen-bond donors (Lipinski definition) is 2. The maximum Gasteiger partial charge on any atom is 0.244 e. The molecule has 2 rings (SSSR count). The van der Waals surface area contributed by atoms with Crippen molar-refractivity contribution in [1.29, 1.82) is 0 Å². The molecule has 0 bridgehead atoms. The van der Waals surface area contributed by atoms with Crippen molar-refractivity contribution in [3.8, 4) is 0 Å². The predicted octanol–water partition coefficient (Wildman–Crippen LogP) is 2.17. The molecule has 0 amide bonds. The average Bonchev–Trinajstić information content (AvgIpc) is 2.72. The van der Waals surface area contributed by atoms with Crippen LogP contribution < -0.4 is 10.5 Å². The summed E-state index contributed by atoms with van der Waals surface area (Å²) in [6, 6.07) is 4.59. The number of sulfonamides is 1. The third-order valence-corrected chi connectivity index (χ3v) is 5.41. The van der Waals surface area contributed by atoms with E-state index in [0.717, 1.165) is 10.6 Å². The van der Waals surface area contributed by atoms with Gasteiger partial charge < -0.3 is 5.73 Å². The molecule has 102 valence electrons. The smallest absolute Gasteiger partial charge is 0.244 e. The van der Waals surface area contributed by atoms with Crippen LogP contribution in [-0.4, -0.2) is 13.4 Å². The molecule has 0 atom stereocenters. The van der Waals surface area contributed by atoms with Crippen molar-refractivity contribution in [3.63, 3.8) is 0 Å². The first kappa shape index (κ1) is 14.3. The number of nitrogens with one attached hydrogen (secondary N) is 1. The van der Waals surface area contributed by atoms with E-state index in [-0.39, 0.29) is 22.2 Å². The van der Waals surface area contributed by atoms with Gasteiger partial charge in [-0.2, -0.15) is 0 Å². The number of aromatic nitrogens is 1. The molecule has 5 nitrogen and oxygen atoms in total. The van der Waals surface area contributed by atoms with Crippen LogP contribution in [-0.2, 0) is 16.6 Å². The minimum atomic E-state index is -3.74. The Balaban J connectivity index is 2.26. The van der Waals surface area contributed by atoms with E-state index < -0.39 is 10.0 Å². The van der Waals surface area contributed by atoms with Crippen molar-refractivity contribution < 1.29 is 8.42 Å². The highest BCUT2D eigenvalue weighted by molar-refractivity contribution is 7.89. The summed E-state index contributed by atoms with van der Waals surface area (Å²) in [5.74, 6) is 0. The van der Waals surface area contributed by atoms with Crippen LogP contribution in [0.1, 0.15) is 10.6 Å². The van der Waals surface area contributed by atoms with Crippen molar-refractivity contribution in [2.45, 2.75) is 18.4 Å². The number of aryl methyl sites for hydroxylation is 1. The van der Waals surface area contributed by atoms with Gasteiger partial charge in [0.15, 0.2) is 0 Å². The lowest BCUT2D eigenvalue weighted by Gasteiger charge is -2.10. The van der Waals surface area contributed by atoms with Gasteiger partial charge in [0.2, 0.25) is 10.0 Å². The number of anilines is 1. The van der Waals surface area contributed by atoms with Gasteiger partial charge in [-0.1, -0.05) is 17.7 Å². The molecule has 0 aliphatic carbocycles. The molecule has 0 saturated carbocycles. The number of rotatable bonds is 4. The second-order valence-corrected chi connectivity index (χ2v) is 6.89. The van der Waals surface area contributed by atoms with E-state index in [0.29, 0.717) is 0 Å². The molecular weight excluding hydrogens is 306 g/mol. The van der Waals surface area contributed by atoms with Crippen LogP contribution in [0.15, 0.2) is 28.6 Å². The van der Waals surface area contributed by atoms with Gasteiger partial charge in [-0.15, -0.1) is 11.3 Å². The summed E-state index contributed by atoms with van der Waals surface area (Å²) in [6.07, 6.45) is 0. The van der Waals surface area contributed by atoms with Crippen molar-refractivity contribution in [3.05, 3.63) is 39.3 Å². The fourth-order valence-corrected chi connectivity index (χ4v) is 4.01. The summed E-state index contributed by atoms with van der Waals surface area (Å²) < 4.78 is 26.9. The number of hydrogen-bond acceptors (Lipinski definition) is 5. The topological polar surface area (TPSA) is 85.1 Å². The van der Waals surface area contributed by atoms with Crippen molar-refractivity contribution in [2.75, 3.05) is 5.73 Å². The van der Waals surface area contributed by atoms with Gasteiger partial charge in [0, 0.05) is 11.4 Å². The summed E-state index contributed by atoms with van der Waals surface area (Å²) in [6.45, 7) is 1.99. The van der Waals surface area contributed by atoms with Crippen molar-refractivity contribution in [2.24, 2.45) is 0 Å². The number of nitrogens with two attached hydrogens (primary N) is 1. The van der Waals surface area contributed by atoms with Crippen LogP contribution in [0.25, 0.3) is 0 Å². The highest BCUT2D eigenvalue weighted by atomic mass is 35.5. The molecule has 0 spiro atoms. The molecule has 8 heteroatoms. The summed E-state index contributed by atoms with van der Waals surface area (Å²) >= 11 is 7.29. The molecule has 19 heavy (non-hydrogen) atoms. The second-order valence-electron chi connectivity index (χ2n) is 3.84. The van der Waals surface area contributed by atoms with Crippen LogP contribution in [0.4, 0.5) is 5.69 Å². The summed E-state index contributed by atoms with van der Waals surface area (Å²) in [5.41, 5.74) is 8.27. The Morgan fingerprint density at radius 1 is 1.47 bits per heavy atom. The van der Waals surface area contributed by atoms with E-state index in [9.17, 15) is 8.42 Å². The molecule has 0 unspecified atom stereocenters. The average molecular weight is 318 g/mol. The number of benzene rings is 1. The first-order chi connectivity index (χ1) is 8.92. The Hall–Kier alpha value is -1.15. The summed E-state index contributed by atoms with van der Waals surface area (Å²) in [5, 5.41) is 0.105. The van der Waals surface area contributed by atoms with Crippen molar-refractivity contribution in [1.82, 2.24) is 9.71 Å². The fraction of sp³-hybridized carbons (Fsp3) is 0.182. The van der Waals surface area contributed by atoms with E-state index >= 15 is 0 Å². The highest BCUT2D eigenvalue weighted by Gasteiger charge is 2.21. The number of halogens is 1. The van der Waals surface area contributed by atoms with Crippen LogP contribution in [0, 0.1) is 6.92 Å². The summed E-state index contributed by atoms with van der Waals surface area (Å²) in [4.78, 5) is 4.83. The fourth-order valence-electron chi connectivity index (χ4n) is 1.54. The normalized spacial score (nSPS) is 11.7. The van der Waals surface area contributed by atoms with Gasteiger partial charge in [0.25, 0.3) is 0 Å². The monoisotopic (exact) mass is 317 g/mol. The Morgan fingerprint density at radius 2 is 2.21 bits per heavy atom. The molecule has 0 saturated heterocycles. The Bertz CT molecular complexity index is 677. The maximum absolute atomic E-state index is 12.2. The van der Waals surface area contributed by atoms with Gasteiger partial charge >= 0.3 is 0 Å². The largest absolute Gasteiger partial charge is 0.398 e. The lowest BCUT2D eigenvalue weighted by atomic mass is 10.3. The Morgan fingerprint density at radius 3 is 2.79 bits per heavy atom. The Kier molecular flexibility index (Phi) is 4.10. The minimum Gasteiger partial charge on any atom is -0.398 e. The van der Waals surface area contributed by atoms with E-state index in [1.54, 1.807) is 11.6 Å². The zero-order valence-electron chi connectivity index (χ0n) is 10.1. The number of nitrogen functional groups attached to an aromatic ring is 1. The third-order valence-electron chi connectivity index (χ3n) is 2.53. The molecule has 0 aliphatic rings. The van der Waals surface area contributed by atoms with Crippen LogP contribution in [0.5, 0.6) is 0 Å². The molecule has 0 radical (unpaired) electrons. The molecule has 0 fully saturated rings. The van der Waals surface area contributed by atoms with Crippen LogP contribution in [0.3, 0.4) is 0 Å². The van der Waals surface area contributed by atoms with E-state index in [4.69, 9.17) is 17.3 Å². The first-order valence-electron chi connectivity index (χ1n) is 5.34. The van der Waals surface area contributed by atoms with E-state index in [1.807, 2.05) is 6.92 Å². The van der Waals surface area contributed by atoms with E-state index in [1.165, 1.54) is 23.5 Å². The van der Waals surface area contributed by atoms with E-state index in [2.05, 4.69) is 9.71 Å². The maximum atomic E-state index is 12.2. The quantitative estimate of drug-likeness (QED) is 0.846. The molecule has 0 aliphatic heterocycles. The molecule has 1 heterocycles. The lowest BCUT2D eigenvalue weighted by Crippen LogP contribution is -2.24. The zero-order chi connectivity index (χ0) is 14.0. The first-order valence-corrected chi connectivity index (χ1v) is 8.08. The van der Waals surface area contributed by atoms with Gasteiger partial charge in [0.1, 0.15) is 4.90 Å². The van der Waals surface area contributed by atoms with Gasteiger partial charge in [0.05, 0.1) is 21.9 Å². The summed E-state index contributed by atoms with van der Waals surface area (Å²) in [7, 11) is -3.74. The second kappa shape index (κ2) is 5.46. The number of thiazole rings is 1. The van der Waals surface area contributed by atoms with Crippen LogP contribution >= 0.6 is 22.9 Å². The standard InChI is InChI=1S/C11H12ClN3O2S2/c1-7-10(18-6-14-7)5-15-19(16,17)11-8(12)3-2-4-9(11)13/h2-4,6,15H,5,13H2,1H3. The molecule has 3 N–H and O–H groups in total.